The number of fused-ring (bicyclic) bond motifs is 2. The van der Waals surface area contributed by atoms with Crippen LogP contribution in [0.25, 0.3) is 0 Å². The number of nitrogens with two attached hydrogens (primary N) is 1. The van der Waals surface area contributed by atoms with E-state index in [9.17, 15) is 4.79 Å². The average Bonchev–Trinajstić information content (AvgIpc) is 2.91. The number of piperidine rings is 1. The van der Waals surface area contributed by atoms with E-state index in [0.29, 0.717) is 0 Å². The summed E-state index contributed by atoms with van der Waals surface area (Å²) in [6.07, 6.45) is 4.70. The van der Waals surface area contributed by atoms with Crippen molar-refractivity contribution in [2.45, 2.75) is 37.0 Å². The fourth-order valence-corrected chi connectivity index (χ4v) is 5.20. The first kappa shape index (κ1) is 17.8. The van der Waals surface area contributed by atoms with Gasteiger partial charge in [-0.05, 0) is 43.4 Å². The Bertz CT molecular complexity index is 870. The van der Waals surface area contributed by atoms with Crippen molar-refractivity contribution in [3.05, 3.63) is 53.7 Å². The van der Waals surface area contributed by atoms with Crippen molar-refractivity contribution in [2.24, 2.45) is 0 Å². The molecule has 0 saturated carbocycles. The van der Waals surface area contributed by atoms with E-state index >= 15 is 0 Å². The number of likely N-dealkylation sites (N-methyl/N-ethyl adjacent to an activating group) is 1. The number of amides is 1. The SMILES string of the molecule is CN(C)C(=O)C1(C)CC2(CCN(c3cc(N)ccn3)CC2)c2ccccc21. The second-order valence-electron chi connectivity index (χ2n) is 8.47. The lowest BCUT2D eigenvalue weighted by Gasteiger charge is -2.41. The molecule has 1 saturated heterocycles. The highest BCUT2D eigenvalue weighted by atomic mass is 16.2. The number of rotatable bonds is 2. The Morgan fingerprint density at radius 1 is 1.15 bits per heavy atom. The molecule has 0 radical (unpaired) electrons. The number of carbonyl (C=O) groups is 1. The molecule has 4 rings (SSSR count). The van der Waals surface area contributed by atoms with Gasteiger partial charge < -0.3 is 15.5 Å². The lowest BCUT2D eigenvalue weighted by molar-refractivity contribution is -0.134. The minimum Gasteiger partial charge on any atom is -0.399 e. The van der Waals surface area contributed by atoms with Gasteiger partial charge in [0.05, 0.1) is 5.41 Å². The minimum absolute atomic E-state index is 0.0633. The van der Waals surface area contributed by atoms with Gasteiger partial charge >= 0.3 is 0 Å². The molecule has 0 bridgehead atoms. The highest BCUT2D eigenvalue weighted by Gasteiger charge is 2.54. The van der Waals surface area contributed by atoms with Crippen LogP contribution in [0.3, 0.4) is 0 Å². The van der Waals surface area contributed by atoms with Gasteiger partial charge in [-0.1, -0.05) is 24.3 Å². The molecule has 1 fully saturated rings. The Balaban J connectivity index is 1.64. The van der Waals surface area contributed by atoms with E-state index in [1.54, 1.807) is 11.1 Å². The number of anilines is 2. The predicted octanol–water partition coefficient (Wildman–Crippen LogP) is 2.95. The molecule has 1 spiro atoms. The van der Waals surface area contributed by atoms with Crippen LogP contribution >= 0.6 is 0 Å². The molecule has 2 aliphatic rings. The third kappa shape index (κ3) is 2.76. The summed E-state index contributed by atoms with van der Waals surface area (Å²) in [5, 5.41) is 0. The number of hydrogen-bond donors (Lipinski definition) is 1. The van der Waals surface area contributed by atoms with Crippen molar-refractivity contribution >= 4 is 17.4 Å². The summed E-state index contributed by atoms with van der Waals surface area (Å²) in [5.74, 6) is 1.15. The molecule has 1 aromatic carbocycles. The Kier molecular flexibility index (Phi) is 4.13. The van der Waals surface area contributed by atoms with Gasteiger partial charge in [-0.15, -0.1) is 0 Å². The summed E-state index contributed by atoms with van der Waals surface area (Å²) in [5.41, 5.74) is 8.87. The van der Waals surface area contributed by atoms with Gasteiger partial charge in [-0.2, -0.15) is 0 Å². The molecule has 5 nitrogen and oxygen atoms in total. The maximum absolute atomic E-state index is 13.1. The quantitative estimate of drug-likeness (QED) is 0.890. The second kappa shape index (κ2) is 6.25. The number of aromatic nitrogens is 1. The first-order valence-electron chi connectivity index (χ1n) is 9.64. The van der Waals surface area contributed by atoms with Crippen LogP contribution in [0.5, 0.6) is 0 Å². The molecule has 1 amide bonds. The Hall–Kier alpha value is -2.56. The summed E-state index contributed by atoms with van der Waals surface area (Å²) in [7, 11) is 3.71. The maximum atomic E-state index is 13.1. The number of carbonyl (C=O) groups excluding carboxylic acids is 1. The summed E-state index contributed by atoms with van der Waals surface area (Å²) >= 11 is 0. The van der Waals surface area contributed by atoms with Gasteiger partial charge in [0.2, 0.25) is 5.91 Å². The third-order valence-electron chi connectivity index (χ3n) is 6.48. The summed E-state index contributed by atoms with van der Waals surface area (Å²) < 4.78 is 0. The van der Waals surface area contributed by atoms with Crippen LogP contribution in [-0.4, -0.2) is 43.0 Å². The summed E-state index contributed by atoms with van der Waals surface area (Å²) in [4.78, 5) is 21.6. The Labute approximate surface area is 161 Å². The number of pyridine rings is 1. The monoisotopic (exact) mass is 364 g/mol. The van der Waals surface area contributed by atoms with Crippen molar-refractivity contribution in [3.8, 4) is 0 Å². The van der Waals surface area contributed by atoms with Gasteiger partial charge in [0.25, 0.3) is 0 Å². The van der Waals surface area contributed by atoms with Crippen LogP contribution < -0.4 is 10.6 Å². The maximum Gasteiger partial charge on any atom is 0.232 e. The Morgan fingerprint density at radius 3 is 2.44 bits per heavy atom. The van der Waals surface area contributed by atoms with E-state index in [2.05, 4.69) is 41.1 Å². The number of nitrogens with zero attached hydrogens (tertiary/aromatic N) is 3. The van der Waals surface area contributed by atoms with E-state index in [1.807, 2.05) is 26.2 Å². The van der Waals surface area contributed by atoms with Gasteiger partial charge in [-0.3, -0.25) is 4.79 Å². The molecule has 2 N–H and O–H groups in total. The van der Waals surface area contributed by atoms with E-state index in [-0.39, 0.29) is 11.3 Å². The molecule has 1 aromatic heterocycles. The van der Waals surface area contributed by atoms with Crippen molar-refractivity contribution < 1.29 is 4.79 Å². The van der Waals surface area contributed by atoms with Gasteiger partial charge in [-0.25, -0.2) is 4.98 Å². The van der Waals surface area contributed by atoms with Crippen molar-refractivity contribution in [1.82, 2.24) is 9.88 Å². The molecular formula is C22H28N4O. The highest BCUT2D eigenvalue weighted by Crippen LogP contribution is 2.55. The molecule has 142 valence electrons. The average molecular weight is 364 g/mol. The van der Waals surface area contributed by atoms with Crippen LogP contribution in [0.2, 0.25) is 0 Å². The molecular weight excluding hydrogens is 336 g/mol. The smallest absolute Gasteiger partial charge is 0.232 e. The molecule has 1 aliphatic heterocycles. The molecule has 1 unspecified atom stereocenters. The van der Waals surface area contributed by atoms with E-state index in [1.165, 1.54) is 11.1 Å². The first-order chi connectivity index (χ1) is 12.9. The molecule has 2 aromatic rings. The van der Waals surface area contributed by atoms with Crippen LogP contribution in [0, 0.1) is 0 Å². The van der Waals surface area contributed by atoms with E-state index in [0.717, 1.165) is 43.9 Å². The van der Waals surface area contributed by atoms with Crippen LogP contribution in [0.4, 0.5) is 11.5 Å². The summed E-state index contributed by atoms with van der Waals surface area (Å²) in [6, 6.07) is 12.3. The molecule has 1 aliphatic carbocycles. The number of hydrogen-bond acceptors (Lipinski definition) is 4. The molecule has 1 atom stereocenters. The van der Waals surface area contributed by atoms with E-state index < -0.39 is 5.41 Å². The summed E-state index contributed by atoms with van der Waals surface area (Å²) in [6.45, 7) is 3.97. The fourth-order valence-electron chi connectivity index (χ4n) is 5.20. The van der Waals surface area contributed by atoms with Gasteiger partial charge in [0.1, 0.15) is 5.82 Å². The third-order valence-corrected chi connectivity index (χ3v) is 6.48. The van der Waals surface area contributed by atoms with Crippen LogP contribution in [-0.2, 0) is 15.6 Å². The van der Waals surface area contributed by atoms with Crippen molar-refractivity contribution in [2.75, 3.05) is 37.8 Å². The zero-order chi connectivity index (χ0) is 19.2. The standard InChI is InChI=1S/C22H28N4O/c1-21(20(27)25(2)3)15-22(18-7-5-4-6-17(18)21)9-12-26(13-10-22)19-14-16(23)8-11-24-19/h4-8,11,14H,9-10,12-13,15H2,1-3H3,(H2,23,24). The number of nitrogen functional groups attached to an aromatic ring is 1. The second-order valence-corrected chi connectivity index (χ2v) is 8.47. The molecule has 27 heavy (non-hydrogen) atoms. The highest BCUT2D eigenvalue weighted by molar-refractivity contribution is 5.89. The fraction of sp³-hybridized carbons (Fsp3) is 0.455. The lowest BCUT2D eigenvalue weighted by atomic mass is 9.71. The largest absolute Gasteiger partial charge is 0.399 e. The number of benzene rings is 1. The van der Waals surface area contributed by atoms with Crippen LogP contribution in [0.15, 0.2) is 42.6 Å². The van der Waals surface area contributed by atoms with Crippen molar-refractivity contribution in [1.29, 1.82) is 0 Å². The zero-order valence-electron chi connectivity index (χ0n) is 16.4. The van der Waals surface area contributed by atoms with Gasteiger partial charge in [0, 0.05) is 50.6 Å². The van der Waals surface area contributed by atoms with E-state index in [4.69, 9.17) is 5.73 Å². The minimum atomic E-state index is -0.447. The normalized spacial score (nSPS) is 23.3. The Morgan fingerprint density at radius 2 is 1.81 bits per heavy atom. The van der Waals surface area contributed by atoms with Crippen molar-refractivity contribution in [3.63, 3.8) is 0 Å². The van der Waals surface area contributed by atoms with Gasteiger partial charge in [0.15, 0.2) is 0 Å². The molecule has 5 heteroatoms. The topological polar surface area (TPSA) is 62.5 Å². The lowest BCUT2D eigenvalue weighted by Crippen LogP contribution is -2.45. The van der Waals surface area contributed by atoms with Crippen LogP contribution in [0.1, 0.15) is 37.3 Å². The first-order valence-corrected chi connectivity index (χ1v) is 9.64. The predicted molar refractivity (Wildman–Crippen MR) is 109 cm³/mol. The molecule has 2 heterocycles. The zero-order valence-corrected chi connectivity index (χ0v) is 16.4.